The fourth-order valence-corrected chi connectivity index (χ4v) is 11.2. The van der Waals surface area contributed by atoms with E-state index in [0.29, 0.717) is 5.75 Å². The van der Waals surface area contributed by atoms with Gasteiger partial charge < -0.3 is 15.2 Å². The number of carbonyl (C=O) groups excluding carboxylic acids is 3. The molecule has 5 rings (SSSR count). The minimum Gasteiger partial charge on any atom is -0.455 e. The van der Waals surface area contributed by atoms with E-state index >= 15 is 0 Å². The highest BCUT2D eigenvalue weighted by atomic mass is 32.2. The van der Waals surface area contributed by atoms with Crippen molar-refractivity contribution < 1.29 is 24.2 Å². The minimum absolute atomic E-state index is 0.111. The summed E-state index contributed by atoms with van der Waals surface area (Å²) in [5, 5.41) is 14.8. The lowest BCUT2D eigenvalue weighted by Crippen LogP contribution is -2.72. The fourth-order valence-electron chi connectivity index (χ4n) is 5.66. The number of hydrogen-bond acceptors (Lipinski definition) is 6. The molecule has 1 aliphatic rings. The van der Waals surface area contributed by atoms with Crippen molar-refractivity contribution in [2.24, 2.45) is 0 Å². The number of carbonyl (C=O) groups is 3. The number of ether oxygens (including phenoxy) is 1. The van der Waals surface area contributed by atoms with Gasteiger partial charge >= 0.3 is 5.97 Å². The number of rotatable bonds is 11. The van der Waals surface area contributed by atoms with Crippen LogP contribution in [0.5, 0.6) is 0 Å². The van der Waals surface area contributed by atoms with Crippen molar-refractivity contribution in [3.8, 4) is 0 Å². The maximum absolute atomic E-state index is 14.7. The van der Waals surface area contributed by atoms with E-state index in [4.69, 9.17) is 4.74 Å². The number of likely N-dealkylation sites (tertiary alicyclic amines) is 1. The van der Waals surface area contributed by atoms with E-state index in [1.165, 1.54) is 16.7 Å². The van der Waals surface area contributed by atoms with Gasteiger partial charge in [0.1, 0.15) is 22.4 Å². The highest BCUT2D eigenvalue weighted by molar-refractivity contribution is 8.00. The van der Waals surface area contributed by atoms with Crippen LogP contribution in [0, 0.1) is 0 Å². The lowest BCUT2D eigenvalue weighted by molar-refractivity contribution is -0.151. The number of amides is 2. The Labute approximate surface area is 275 Å². The molecule has 2 N–H and O–H groups in total. The van der Waals surface area contributed by atoms with Crippen LogP contribution in [0.3, 0.4) is 0 Å². The Balaban J connectivity index is 1.77. The fraction of sp³-hybridized carbons (Fsp3) is 0.243. The quantitative estimate of drug-likeness (QED) is 0.144. The molecule has 1 fully saturated rings. The lowest BCUT2D eigenvalue weighted by Gasteiger charge is -2.49. The molecule has 2 amide bonds. The molecule has 4 aromatic rings. The highest BCUT2D eigenvalue weighted by Crippen LogP contribution is 2.49. The van der Waals surface area contributed by atoms with Crippen LogP contribution in [-0.4, -0.2) is 62.6 Å². The number of benzene rings is 4. The molecule has 0 radical (unpaired) electrons. The first-order valence-corrected chi connectivity index (χ1v) is 18.1. The van der Waals surface area contributed by atoms with E-state index in [-0.39, 0.29) is 24.4 Å². The van der Waals surface area contributed by atoms with Gasteiger partial charge in [0.25, 0.3) is 5.91 Å². The van der Waals surface area contributed by atoms with Crippen LogP contribution >= 0.6 is 18.6 Å². The molecule has 7 nitrogen and oxygen atoms in total. The third-order valence-corrected chi connectivity index (χ3v) is 13.0. The molecule has 46 heavy (non-hydrogen) atoms. The number of thioether (sulfide) groups is 1. The average Bonchev–Trinajstić information content (AvgIpc) is 3.06. The molecule has 1 heterocycles. The summed E-state index contributed by atoms with van der Waals surface area (Å²) in [6.07, 6.45) is 0.111. The lowest BCUT2D eigenvalue weighted by atomic mass is 10.1. The van der Waals surface area contributed by atoms with E-state index < -0.39 is 35.8 Å². The predicted molar refractivity (Wildman–Crippen MR) is 188 cm³/mol. The topological polar surface area (TPSA) is 95.9 Å². The summed E-state index contributed by atoms with van der Waals surface area (Å²) in [6, 6.07) is 37.8. The summed E-state index contributed by atoms with van der Waals surface area (Å²) in [7, 11) is 0. The Morgan fingerprint density at radius 3 is 1.70 bits per heavy atom. The van der Waals surface area contributed by atoms with Crippen molar-refractivity contribution in [3.63, 3.8) is 0 Å². The van der Waals surface area contributed by atoms with Crippen LogP contribution in [0.2, 0.25) is 0 Å². The van der Waals surface area contributed by atoms with Gasteiger partial charge in [-0.15, -0.1) is 11.8 Å². The molecule has 0 bridgehead atoms. The normalized spacial score (nSPS) is 16.3. The van der Waals surface area contributed by atoms with E-state index in [1.807, 2.05) is 121 Å². The first-order valence-electron chi connectivity index (χ1n) is 15.2. The van der Waals surface area contributed by atoms with Crippen molar-refractivity contribution >= 4 is 57.8 Å². The zero-order valence-electron chi connectivity index (χ0n) is 26.2. The van der Waals surface area contributed by atoms with Crippen LogP contribution in [0.1, 0.15) is 26.3 Å². The SMILES string of the molecule is CC(C)(C)OC(=O)C(N1C(=O)[C@@H](NC(=O)Cc2ccccc2)[C@H]1SCCO)=P(c1ccccc1)(c1ccccc1)c1ccccc1. The van der Waals surface area contributed by atoms with Gasteiger partial charge in [-0.3, -0.25) is 14.5 Å². The number of esters is 1. The summed E-state index contributed by atoms with van der Waals surface area (Å²) in [5.74, 6) is -0.999. The van der Waals surface area contributed by atoms with Crippen molar-refractivity contribution in [2.45, 2.75) is 44.2 Å². The van der Waals surface area contributed by atoms with Crippen molar-refractivity contribution in [1.29, 1.82) is 0 Å². The van der Waals surface area contributed by atoms with E-state index in [9.17, 15) is 19.5 Å². The van der Waals surface area contributed by atoms with Crippen LogP contribution in [0.25, 0.3) is 0 Å². The van der Waals surface area contributed by atoms with Crippen LogP contribution in [-0.2, 0) is 25.5 Å². The Kier molecular flexibility index (Phi) is 10.5. The molecule has 1 aliphatic heterocycles. The molecule has 2 atom stereocenters. The minimum atomic E-state index is -3.09. The molecule has 0 aliphatic carbocycles. The number of aliphatic hydroxyl groups excluding tert-OH is 1. The monoisotopic (exact) mass is 654 g/mol. The largest absolute Gasteiger partial charge is 0.455 e. The summed E-state index contributed by atoms with van der Waals surface area (Å²) in [6.45, 7) is 2.19. The Hall–Kier alpha value is -4.10. The summed E-state index contributed by atoms with van der Waals surface area (Å²) >= 11 is 1.33. The van der Waals surface area contributed by atoms with Gasteiger partial charge in [0.2, 0.25) is 5.91 Å². The highest BCUT2D eigenvalue weighted by Gasteiger charge is 2.54. The number of hydrogen-bond donors (Lipinski definition) is 2. The molecule has 0 unspecified atom stereocenters. The zero-order valence-corrected chi connectivity index (χ0v) is 27.9. The average molecular weight is 655 g/mol. The third-order valence-electron chi connectivity index (χ3n) is 7.50. The zero-order chi connectivity index (χ0) is 32.7. The van der Waals surface area contributed by atoms with E-state index in [1.54, 1.807) is 20.8 Å². The molecular formula is C37H39N2O5PS. The molecule has 0 saturated carbocycles. The summed E-state index contributed by atoms with van der Waals surface area (Å²) in [5.41, 5.74) is 0.207. The van der Waals surface area contributed by atoms with Gasteiger partial charge in [-0.2, -0.15) is 0 Å². The number of β-lactam (4-membered cyclic amide) rings is 1. The van der Waals surface area contributed by atoms with E-state index in [0.717, 1.165) is 21.5 Å². The molecule has 0 aromatic heterocycles. The van der Waals surface area contributed by atoms with Gasteiger partial charge in [0.05, 0.1) is 13.0 Å². The van der Waals surface area contributed by atoms with Gasteiger partial charge in [-0.25, -0.2) is 4.79 Å². The van der Waals surface area contributed by atoms with Gasteiger partial charge in [-0.05, 0) is 42.2 Å². The second-order valence-electron chi connectivity index (χ2n) is 11.9. The number of nitrogens with one attached hydrogen (secondary N) is 1. The second-order valence-corrected chi connectivity index (χ2v) is 16.4. The van der Waals surface area contributed by atoms with Crippen LogP contribution in [0.4, 0.5) is 0 Å². The number of aliphatic hydroxyl groups is 1. The summed E-state index contributed by atoms with van der Waals surface area (Å²) in [4.78, 5) is 43.9. The molecule has 4 aromatic carbocycles. The maximum Gasteiger partial charge on any atom is 0.356 e. The first-order chi connectivity index (χ1) is 22.2. The predicted octanol–water partition coefficient (Wildman–Crippen LogP) is 4.07. The van der Waals surface area contributed by atoms with Crippen molar-refractivity contribution in [3.05, 3.63) is 127 Å². The smallest absolute Gasteiger partial charge is 0.356 e. The molecule has 1 saturated heterocycles. The maximum atomic E-state index is 14.7. The van der Waals surface area contributed by atoms with Crippen molar-refractivity contribution in [1.82, 2.24) is 10.2 Å². The molecule has 238 valence electrons. The Bertz CT molecular complexity index is 1610. The summed E-state index contributed by atoms with van der Waals surface area (Å²) < 4.78 is 6.14. The van der Waals surface area contributed by atoms with Crippen molar-refractivity contribution in [2.75, 3.05) is 12.4 Å². The molecule has 0 spiro atoms. The Morgan fingerprint density at radius 2 is 1.26 bits per heavy atom. The second kappa shape index (κ2) is 14.5. The molecule has 9 heteroatoms. The van der Waals surface area contributed by atoms with Crippen LogP contribution < -0.4 is 21.2 Å². The van der Waals surface area contributed by atoms with Gasteiger partial charge in [-0.1, -0.05) is 121 Å². The Morgan fingerprint density at radius 1 is 0.804 bits per heavy atom. The first kappa shape index (κ1) is 33.3. The molecular weight excluding hydrogens is 615 g/mol. The third kappa shape index (κ3) is 7.00. The standard InChI is InChI=1S/C37H39N2O5PS/c1-37(2,3)44-36(43)34(39-33(42)32(35(39)46-25-24-40)38-31(41)26-27-16-8-4-9-17-27)45(28-18-10-5-11-19-28,29-20-12-6-13-21-29)30-22-14-7-15-23-30/h4-23,32,35,40H,24-26H2,1-3H3,(H,38,41)/t32-,35-/m1/s1. The van der Waals surface area contributed by atoms with Crippen LogP contribution in [0.15, 0.2) is 121 Å². The number of nitrogens with zero attached hydrogens (tertiary/aromatic N) is 1. The van der Waals surface area contributed by atoms with Gasteiger partial charge in [0.15, 0.2) is 0 Å². The van der Waals surface area contributed by atoms with E-state index in [2.05, 4.69) is 5.32 Å². The van der Waals surface area contributed by atoms with Gasteiger partial charge in [0, 0.05) is 12.6 Å².